The number of benzene rings is 2. The third-order valence-electron chi connectivity index (χ3n) is 7.58. The third kappa shape index (κ3) is 6.53. The van der Waals surface area contributed by atoms with Gasteiger partial charge in [-0.15, -0.1) is 0 Å². The first-order chi connectivity index (χ1) is 19.3. The molecule has 5 rings (SSSR count). The number of halogens is 1. The van der Waals surface area contributed by atoms with Gasteiger partial charge in [0.1, 0.15) is 11.0 Å². The van der Waals surface area contributed by atoms with Gasteiger partial charge in [-0.05, 0) is 44.5 Å². The first-order valence-electron chi connectivity index (χ1n) is 13.7. The molecule has 3 heterocycles. The van der Waals surface area contributed by atoms with Gasteiger partial charge in [0, 0.05) is 69.2 Å². The number of para-hydroxylation sites is 1. The van der Waals surface area contributed by atoms with E-state index in [1.54, 1.807) is 6.07 Å². The number of aromatic nitrogens is 2. The van der Waals surface area contributed by atoms with Crippen molar-refractivity contribution in [1.82, 2.24) is 19.8 Å². The second kappa shape index (κ2) is 12.5. The van der Waals surface area contributed by atoms with E-state index in [0.717, 1.165) is 24.5 Å². The number of rotatable bonds is 6. The first kappa shape index (κ1) is 28.2. The van der Waals surface area contributed by atoms with E-state index in [2.05, 4.69) is 39.9 Å². The predicted octanol–water partition coefficient (Wildman–Crippen LogP) is 4.54. The molecule has 2 fully saturated rings. The molecule has 1 aromatic heterocycles. The van der Waals surface area contributed by atoms with Gasteiger partial charge >= 0.3 is 0 Å². The molecule has 0 bridgehead atoms. The highest BCUT2D eigenvalue weighted by molar-refractivity contribution is 7.99. The maximum atomic E-state index is 13.1. The fraction of sp³-hybridized carbons (Fsp3) is 0.400. The first-order valence-corrected chi connectivity index (χ1v) is 15.0. The summed E-state index contributed by atoms with van der Waals surface area (Å²) in [4.78, 5) is 43.4. The van der Waals surface area contributed by atoms with Gasteiger partial charge in [0.25, 0.3) is 5.91 Å². The highest BCUT2D eigenvalue weighted by atomic mass is 35.5. The van der Waals surface area contributed by atoms with Crippen molar-refractivity contribution < 1.29 is 9.59 Å². The van der Waals surface area contributed by atoms with Gasteiger partial charge in [-0.1, -0.05) is 59.3 Å². The van der Waals surface area contributed by atoms with Gasteiger partial charge < -0.3 is 19.6 Å². The van der Waals surface area contributed by atoms with E-state index in [4.69, 9.17) is 16.6 Å². The Morgan fingerprint density at radius 3 is 2.33 bits per heavy atom. The van der Waals surface area contributed by atoms with E-state index in [1.165, 1.54) is 23.0 Å². The molecule has 2 aliphatic heterocycles. The van der Waals surface area contributed by atoms with Gasteiger partial charge in [-0.3, -0.25) is 9.59 Å². The zero-order valence-corrected chi connectivity index (χ0v) is 24.8. The molecule has 2 aromatic carbocycles. The van der Waals surface area contributed by atoms with Crippen molar-refractivity contribution >= 4 is 46.7 Å². The molecule has 0 spiro atoms. The highest BCUT2D eigenvalue weighted by Gasteiger charge is 2.29. The summed E-state index contributed by atoms with van der Waals surface area (Å²) in [6.07, 6.45) is 0. The zero-order chi connectivity index (χ0) is 28.2. The van der Waals surface area contributed by atoms with Crippen LogP contribution in [-0.2, 0) is 4.79 Å². The summed E-state index contributed by atoms with van der Waals surface area (Å²) in [5, 5.41) is 0.831. The van der Waals surface area contributed by atoms with Crippen molar-refractivity contribution in [2.45, 2.75) is 32.0 Å². The van der Waals surface area contributed by atoms with Crippen molar-refractivity contribution in [2.24, 2.45) is 0 Å². The lowest BCUT2D eigenvalue weighted by atomic mass is 10.1. The Morgan fingerprint density at radius 1 is 0.925 bits per heavy atom. The van der Waals surface area contributed by atoms with Gasteiger partial charge in [-0.25, -0.2) is 9.97 Å². The summed E-state index contributed by atoms with van der Waals surface area (Å²) in [6, 6.07) is 17.8. The van der Waals surface area contributed by atoms with Crippen molar-refractivity contribution in [1.29, 1.82) is 0 Å². The number of piperazine rings is 2. The number of carbonyl (C=O) groups excluding carboxylic acids is 2. The molecule has 2 aliphatic rings. The Morgan fingerprint density at radius 2 is 1.62 bits per heavy atom. The van der Waals surface area contributed by atoms with Crippen molar-refractivity contribution in [3.63, 3.8) is 0 Å². The number of thioether (sulfide) groups is 1. The second-order valence-electron chi connectivity index (χ2n) is 10.4. The van der Waals surface area contributed by atoms with Crippen molar-refractivity contribution in [3.05, 3.63) is 76.4 Å². The molecule has 2 amide bonds. The SMILES string of the molecule is Cc1ccc(C(=O)N2CCN(c3cc(Cl)nc(SCC(=O)N4CCN(c5ccccc5C)CC4)n3)CC2C)cc1. The molecule has 0 saturated carbocycles. The molecular weight excluding hydrogens is 544 g/mol. The molecule has 210 valence electrons. The zero-order valence-electron chi connectivity index (χ0n) is 23.2. The number of anilines is 2. The quantitative estimate of drug-likeness (QED) is 0.242. The Balaban J connectivity index is 1.15. The summed E-state index contributed by atoms with van der Waals surface area (Å²) < 4.78 is 0. The molecule has 0 radical (unpaired) electrons. The summed E-state index contributed by atoms with van der Waals surface area (Å²) in [7, 11) is 0. The van der Waals surface area contributed by atoms with Crippen molar-refractivity contribution in [2.75, 3.05) is 61.4 Å². The van der Waals surface area contributed by atoms with Crippen LogP contribution < -0.4 is 9.80 Å². The van der Waals surface area contributed by atoms with Crippen LogP contribution in [0.15, 0.2) is 59.8 Å². The summed E-state index contributed by atoms with van der Waals surface area (Å²) in [6.45, 7) is 11.1. The van der Waals surface area contributed by atoms with Crippen LogP contribution in [0.3, 0.4) is 0 Å². The second-order valence-corrected chi connectivity index (χ2v) is 11.8. The normalized spacial score (nSPS) is 17.8. The molecule has 10 heteroatoms. The number of carbonyl (C=O) groups is 2. The number of hydrogen-bond donors (Lipinski definition) is 0. The van der Waals surface area contributed by atoms with Crippen LogP contribution >= 0.6 is 23.4 Å². The Kier molecular flexibility index (Phi) is 8.81. The molecule has 1 unspecified atom stereocenters. The minimum atomic E-state index is 0.00677. The van der Waals surface area contributed by atoms with Crippen LogP contribution in [0.2, 0.25) is 5.15 Å². The van der Waals surface area contributed by atoms with E-state index < -0.39 is 0 Å². The number of aryl methyl sites for hydroxylation is 2. The minimum Gasteiger partial charge on any atom is -0.368 e. The molecular formula is C30H35ClN6O2S. The molecule has 3 aromatic rings. The van der Waals surface area contributed by atoms with Crippen LogP contribution in [0.4, 0.5) is 11.5 Å². The van der Waals surface area contributed by atoms with Crippen LogP contribution in [-0.4, -0.2) is 89.2 Å². The maximum absolute atomic E-state index is 13.1. The average molecular weight is 579 g/mol. The van der Waals surface area contributed by atoms with Crippen LogP contribution in [0, 0.1) is 13.8 Å². The van der Waals surface area contributed by atoms with E-state index in [1.807, 2.05) is 54.0 Å². The summed E-state index contributed by atoms with van der Waals surface area (Å²) in [5.74, 6) is 1.11. The van der Waals surface area contributed by atoms with Gasteiger partial charge in [0.2, 0.25) is 5.91 Å². The van der Waals surface area contributed by atoms with Gasteiger partial charge in [0.15, 0.2) is 5.16 Å². The van der Waals surface area contributed by atoms with E-state index in [9.17, 15) is 9.59 Å². The van der Waals surface area contributed by atoms with Gasteiger partial charge in [-0.2, -0.15) is 0 Å². The lowest BCUT2D eigenvalue weighted by Gasteiger charge is -2.40. The topological polar surface area (TPSA) is 72.9 Å². The summed E-state index contributed by atoms with van der Waals surface area (Å²) >= 11 is 7.69. The Hall–Kier alpha value is -3.30. The minimum absolute atomic E-state index is 0.00677. The van der Waals surface area contributed by atoms with E-state index in [-0.39, 0.29) is 23.6 Å². The van der Waals surface area contributed by atoms with E-state index in [0.29, 0.717) is 48.6 Å². The lowest BCUT2D eigenvalue weighted by molar-refractivity contribution is -0.128. The molecule has 8 nitrogen and oxygen atoms in total. The van der Waals surface area contributed by atoms with Crippen LogP contribution in [0.25, 0.3) is 0 Å². The van der Waals surface area contributed by atoms with Crippen LogP contribution in [0.5, 0.6) is 0 Å². The molecule has 1 atom stereocenters. The fourth-order valence-electron chi connectivity index (χ4n) is 5.27. The molecule has 40 heavy (non-hydrogen) atoms. The predicted molar refractivity (Wildman–Crippen MR) is 162 cm³/mol. The third-order valence-corrected chi connectivity index (χ3v) is 8.61. The number of hydrogen-bond acceptors (Lipinski definition) is 7. The smallest absolute Gasteiger partial charge is 0.254 e. The Bertz CT molecular complexity index is 1360. The van der Waals surface area contributed by atoms with Gasteiger partial charge in [0.05, 0.1) is 5.75 Å². The number of amides is 2. The Labute approximate surface area is 245 Å². The maximum Gasteiger partial charge on any atom is 0.254 e. The molecule has 0 aliphatic carbocycles. The fourth-order valence-corrected chi connectivity index (χ4v) is 6.26. The number of nitrogens with zero attached hydrogens (tertiary/aromatic N) is 6. The molecule has 2 saturated heterocycles. The monoisotopic (exact) mass is 578 g/mol. The van der Waals surface area contributed by atoms with E-state index >= 15 is 0 Å². The molecule has 0 N–H and O–H groups in total. The average Bonchev–Trinajstić information content (AvgIpc) is 2.96. The standard InChI is InChI=1S/C30H35ClN6O2S/c1-21-8-10-24(11-9-21)29(39)37-17-16-36(19-23(37)3)27-18-26(31)32-30(33-27)40-20-28(38)35-14-12-34(13-15-35)25-7-5-4-6-22(25)2/h4-11,18,23H,12-17,19-20H2,1-3H3. The van der Waals surface area contributed by atoms with Crippen molar-refractivity contribution in [3.8, 4) is 0 Å². The summed E-state index contributed by atoms with van der Waals surface area (Å²) in [5.41, 5.74) is 4.32. The largest absolute Gasteiger partial charge is 0.368 e. The van der Waals surface area contributed by atoms with Crippen LogP contribution in [0.1, 0.15) is 28.4 Å². The lowest BCUT2D eigenvalue weighted by Crippen LogP contribution is -2.54. The highest BCUT2D eigenvalue weighted by Crippen LogP contribution is 2.26.